The van der Waals surface area contributed by atoms with Crippen molar-refractivity contribution < 1.29 is 19.4 Å². The summed E-state index contributed by atoms with van der Waals surface area (Å²) < 4.78 is 6.54. The zero-order valence-electron chi connectivity index (χ0n) is 16.7. The SMILES string of the molecule is B=CN1/C(=C/C=C(C)/C=C2/SC(=S)C(CC(=O)O)C2=O)Oc2c1ccc1ccccc21. The van der Waals surface area contributed by atoms with E-state index in [9.17, 15) is 9.59 Å². The summed E-state index contributed by atoms with van der Waals surface area (Å²) in [5, 5.41) is 11.1. The second kappa shape index (κ2) is 8.65. The summed E-state index contributed by atoms with van der Waals surface area (Å²) in [4.78, 5) is 25.8. The molecule has 2 heterocycles. The maximum absolute atomic E-state index is 12.5. The van der Waals surface area contributed by atoms with E-state index in [0.29, 0.717) is 15.0 Å². The number of carbonyl (C=O) groups is 2. The van der Waals surface area contributed by atoms with E-state index in [2.05, 4.69) is 7.49 Å². The Morgan fingerprint density at radius 2 is 2.10 bits per heavy atom. The quantitative estimate of drug-likeness (QED) is 0.421. The van der Waals surface area contributed by atoms with Crippen LogP contribution in [0.3, 0.4) is 0 Å². The summed E-state index contributed by atoms with van der Waals surface area (Å²) in [6.45, 7) is 1.86. The molecule has 0 bridgehead atoms. The van der Waals surface area contributed by atoms with E-state index in [-0.39, 0.29) is 12.2 Å². The first-order valence-electron chi connectivity index (χ1n) is 9.58. The molecule has 1 unspecified atom stereocenters. The van der Waals surface area contributed by atoms with Gasteiger partial charge in [-0.15, -0.1) is 0 Å². The number of rotatable bonds is 5. The molecule has 0 radical (unpaired) electrons. The molecule has 8 heteroatoms. The predicted molar refractivity (Wildman–Crippen MR) is 131 cm³/mol. The van der Waals surface area contributed by atoms with Gasteiger partial charge in [0.25, 0.3) is 0 Å². The molecule has 0 saturated carbocycles. The number of hydrogen-bond donors (Lipinski definition) is 1. The van der Waals surface area contributed by atoms with Crippen molar-refractivity contribution in [3.05, 3.63) is 71.0 Å². The Hall–Kier alpha value is -2.97. The Labute approximate surface area is 190 Å². The predicted octanol–water partition coefficient (Wildman–Crippen LogP) is 4.10. The number of allylic oxidation sites excluding steroid dienone is 5. The molecule has 1 saturated heterocycles. The Morgan fingerprint density at radius 1 is 1.32 bits per heavy atom. The molecule has 4 rings (SSSR count). The minimum absolute atomic E-state index is 0.235. The number of carboxylic acids is 1. The standard InChI is InChI=1S/C23H18BNO4S2/c1-13(10-18-21(28)16(11-20(26)27)23(30)31-18)6-9-19-25(12-24)17-8-7-14-4-2-3-5-15(14)22(17)29-19/h2-10,12,16,24H,11H2,1H3,(H,26,27)/b13-6+,18-10+,19-9-. The van der Waals surface area contributed by atoms with Crippen molar-refractivity contribution in [3.63, 3.8) is 0 Å². The number of nitrogens with zero attached hydrogens (tertiary/aromatic N) is 1. The number of Topliss-reactive ketones (excluding diaryl/α,β-unsaturated/α-hetero) is 1. The zero-order chi connectivity index (χ0) is 22.1. The van der Waals surface area contributed by atoms with Crippen LogP contribution in [0.1, 0.15) is 13.3 Å². The van der Waals surface area contributed by atoms with E-state index in [1.807, 2.05) is 60.4 Å². The molecule has 5 nitrogen and oxygen atoms in total. The Balaban J connectivity index is 1.60. The van der Waals surface area contributed by atoms with Gasteiger partial charge in [0.15, 0.2) is 0 Å². The number of thioether (sulfide) groups is 1. The molecule has 1 atom stereocenters. The van der Waals surface area contributed by atoms with Crippen LogP contribution in [0.15, 0.2) is 71.0 Å². The van der Waals surface area contributed by atoms with Crippen LogP contribution in [0.25, 0.3) is 10.8 Å². The third kappa shape index (κ3) is 4.13. The number of carboxylic acid groups (broad SMARTS) is 1. The number of ketones is 1. The monoisotopic (exact) mass is 447 g/mol. The number of thiocarbonyl (C=S) groups is 1. The summed E-state index contributed by atoms with van der Waals surface area (Å²) in [5.41, 5.74) is 1.73. The first-order chi connectivity index (χ1) is 14.9. The summed E-state index contributed by atoms with van der Waals surface area (Å²) >= 11 is 6.36. The molecule has 154 valence electrons. The molecule has 2 aliphatic rings. The van der Waals surface area contributed by atoms with Crippen molar-refractivity contribution in [1.29, 1.82) is 0 Å². The molecular weight excluding hydrogens is 429 g/mol. The second-order valence-electron chi connectivity index (χ2n) is 7.15. The van der Waals surface area contributed by atoms with E-state index in [1.54, 1.807) is 12.2 Å². The van der Waals surface area contributed by atoms with E-state index < -0.39 is 11.9 Å². The van der Waals surface area contributed by atoms with Gasteiger partial charge in [-0.2, -0.15) is 0 Å². The normalized spacial score (nSPS) is 21.1. The number of anilines is 1. The number of carbonyl (C=O) groups excluding carboxylic acids is 1. The van der Waals surface area contributed by atoms with E-state index in [1.165, 1.54) is 11.8 Å². The van der Waals surface area contributed by atoms with Gasteiger partial charge < -0.3 is 5.11 Å². The fraction of sp³-hybridized carbons (Fsp3) is 0.130. The fourth-order valence-corrected chi connectivity index (χ4v) is 5.02. The van der Waals surface area contributed by atoms with Gasteiger partial charge in [-0.3, -0.25) is 4.79 Å². The Morgan fingerprint density at radius 3 is 2.84 bits per heavy atom. The molecule has 2 aliphatic heterocycles. The molecular formula is C23H18BNO4S2. The van der Waals surface area contributed by atoms with Gasteiger partial charge in [0, 0.05) is 0 Å². The molecule has 1 fully saturated rings. The van der Waals surface area contributed by atoms with Gasteiger partial charge in [0.1, 0.15) is 0 Å². The number of aliphatic carboxylic acids is 1. The summed E-state index contributed by atoms with van der Waals surface area (Å²) in [5.74, 6) is -0.635. The second-order valence-corrected chi connectivity index (χ2v) is 8.93. The molecule has 31 heavy (non-hydrogen) atoms. The third-order valence-corrected chi connectivity index (χ3v) is 6.58. The molecule has 0 aliphatic carbocycles. The van der Waals surface area contributed by atoms with Crippen molar-refractivity contribution in [2.45, 2.75) is 13.3 Å². The molecule has 2 aromatic carbocycles. The van der Waals surface area contributed by atoms with Gasteiger partial charge in [-0.1, -0.05) is 0 Å². The molecule has 0 aromatic heterocycles. The van der Waals surface area contributed by atoms with Gasteiger partial charge in [0.2, 0.25) is 0 Å². The van der Waals surface area contributed by atoms with E-state index in [4.69, 9.17) is 22.1 Å². The number of ether oxygens (including phenoxy) is 1. The summed E-state index contributed by atoms with van der Waals surface area (Å²) in [7, 11) is 3.89. The molecule has 0 amide bonds. The number of hydrogen-bond acceptors (Lipinski definition) is 6. The zero-order valence-corrected chi connectivity index (χ0v) is 18.3. The van der Waals surface area contributed by atoms with Crippen LogP contribution in [0.5, 0.6) is 5.75 Å². The Kier molecular flexibility index (Phi) is 5.93. The first kappa shape index (κ1) is 21.3. The summed E-state index contributed by atoms with van der Waals surface area (Å²) in [6, 6.07) is 12.1. The summed E-state index contributed by atoms with van der Waals surface area (Å²) in [6.07, 6.45) is 6.81. The van der Waals surface area contributed by atoms with Gasteiger partial charge >= 0.3 is 180 Å². The van der Waals surface area contributed by atoms with Crippen molar-refractivity contribution in [2.24, 2.45) is 5.92 Å². The van der Waals surface area contributed by atoms with Crippen LogP contribution in [0.4, 0.5) is 5.69 Å². The molecule has 1 N–H and O–H groups in total. The minimum atomic E-state index is -1.03. The fourth-order valence-electron chi connectivity index (χ4n) is 3.52. The van der Waals surface area contributed by atoms with Crippen molar-refractivity contribution in [3.8, 4) is 5.75 Å². The third-order valence-electron chi connectivity index (χ3n) is 5.03. The van der Waals surface area contributed by atoms with Gasteiger partial charge in [-0.05, 0) is 0 Å². The van der Waals surface area contributed by atoms with E-state index in [0.717, 1.165) is 27.8 Å². The van der Waals surface area contributed by atoms with Gasteiger partial charge in [0.05, 0.1) is 0 Å². The number of benzene rings is 2. The van der Waals surface area contributed by atoms with Crippen LogP contribution in [-0.2, 0) is 9.59 Å². The van der Waals surface area contributed by atoms with Crippen LogP contribution < -0.4 is 9.64 Å². The van der Waals surface area contributed by atoms with Crippen molar-refractivity contribution in [1.82, 2.24) is 0 Å². The maximum atomic E-state index is 12.5. The van der Waals surface area contributed by atoms with Crippen LogP contribution >= 0.6 is 24.0 Å². The molecule has 0 spiro atoms. The first-order valence-corrected chi connectivity index (χ1v) is 10.8. The van der Waals surface area contributed by atoms with Gasteiger partial charge in [-0.25, -0.2) is 0 Å². The number of fused-ring (bicyclic) bond motifs is 3. The van der Waals surface area contributed by atoms with Crippen molar-refractivity contribution >= 4 is 70.0 Å². The molecule has 2 aromatic rings. The van der Waals surface area contributed by atoms with Crippen LogP contribution in [0.2, 0.25) is 0 Å². The topological polar surface area (TPSA) is 66.8 Å². The van der Waals surface area contributed by atoms with Crippen LogP contribution in [-0.4, -0.2) is 34.6 Å². The average Bonchev–Trinajstić information content (AvgIpc) is 3.24. The Bertz CT molecular complexity index is 1230. The average molecular weight is 447 g/mol. The van der Waals surface area contributed by atoms with Crippen molar-refractivity contribution in [2.75, 3.05) is 4.90 Å². The van der Waals surface area contributed by atoms with E-state index >= 15 is 0 Å². The van der Waals surface area contributed by atoms with Crippen LogP contribution in [0, 0.1) is 5.92 Å².